The molecule has 2 atom stereocenters. The first-order valence-corrected chi connectivity index (χ1v) is 11.7. The van der Waals surface area contributed by atoms with Gasteiger partial charge in [0.15, 0.2) is 0 Å². The van der Waals surface area contributed by atoms with Gasteiger partial charge in [-0.2, -0.15) is 22.7 Å². The molecule has 180 valence electrons. The molecule has 12 heteroatoms. The number of hydrogen-bond donors (Lipinski definition) is 2. The summed E-state index contributed by atoms with van der Waals surface area (Å²) in [4.78, 5) is 23.6. The molecule has 1 aliphatic heterocycles. The van der Waals surface area contributed by atoms with Crippen LogP contribution in [0.2, 0.25) is 0 Å². The highest BCUT2D eigenvalue weighted by Gasteiger charge is 2.40. The standard InChI is InChI=1S/C22H21F3N4O4S/c23-22(24,25)16-7-3-14(4-8-16)15-5-9-18(10-6-15)34(32,33)29-11-1-2-19(29)21(31)28-17(13-26)12-20(27)30/h3-10,17,19H,1-2,11-12H2,(H2,27,30)(H,28,31)/t17-,19-/m0/s1. The van der Waals surface area contributed by atoms with Gasteiger partial charge in [0.25, 0.3) is 0 Å². The quantitative estimate of drug-likeness (QED) is 0.610. The van der Waals surface area contributed by atoms with Gasteiger partial charge in [-0.05, 0) is 48.2 Å². The highest BCUT2D eigenvalue weighted by atomic mass is 32.2. The molecule has 0 bridgehead atoms. The first-order valence-electron chi connectivity index (χ1n) is 10.2. The van der Waals surface area contributed by atoms with E-state index in [1.807, 2.05) is 0 Å². The molecule has 2 aromatic rings. The van der Waals surface area contributed by atoms with Crippen molar-refractivity contribution in [3.63, 3.8) is 0 Å². The van der Waals surface area contributed by atoms with Crippen LogP contribution in [0, 0.1) is 11.3 Å². The fourth-order valence-electron chi connectivity index (χ4n) is 3.69. The molecule has 2 aromatic carbocycles. The van der Waals surface area contributed by atoms with Crippen molar-refractivity contribution in [3.05, 3.63) is 54.1 Å². The van der Waals surface area contributed by atoms with Crippen LogP contribution >= 0.6 is 0 Å². The number of hydrogen-bond acceptors (Lipinski definition) is 5. The van der Waals surface area contributed by atoms with Gasteiger partial charge in [0.2, 0.25) is 21.8 Å². The summed E-state index contributed by atoms with van der Waals surface area (Å²) in [6.45, 7) is 0.0914. The Hall–Kier alpha value is -3.43. The molecule has 1 heterocycles. The summed E-state index contributed by atoms with van der Waals surface area (Å²) in [5.74, 6) is -1.48. The molecule has 0 radical (unpaired) electrons. The molecule has 8 nitrogen and oxygen atoms in total. The van der Waals surface area contributed by atoms with E-state index in [0.29, 0.717) is 17.5 Å². The second-order valence-electron chi connectivity index (χ2n) is 7.73. The van der Waals surface area contributed by atoms with Gasteiger partial charge in [-0.3, -0.25) is 9.59 Å². The van der Waals surface area contributed by atoms with Crippen LogP contribution in [0.5, 0.6) is 0 Å². The van der Waals surface area contributed by atoms with Crippen LogP contribution in [0.1, 0.15) is 24.8 Å². The lowest BCUT2D eigenvalue weighted by atomic mass is 10.0. The summed E-state index contributed by atoms with van der Waals surface area (Å²) >= 11 is 0. The Morgan fingerprint density at radius 3 is 2.18 bits per heavy atom. The van der Waals surface area contributed by atoms with E-state index in [9.17, 15) is 31.2 Å². The molecular formula is C22H21F3N4O4S. The van der Waals surface area contributed by atoms with Gasteiger partial charge in [0, 0.05) is 6.54 Å². The molecule has 0 aliphatic carbocycles. The number of nitrogens with zero attached hydrogens (tertiary/aromatic N) is 2. The predicted octanol–water partition coefficient (Wildman–Crippen LogP) is 2.41. The number of nitrogens with one attached hydrogen (secondary N) is 1. The van der Waals surface area contributed by atoms with E-state index in [0.717, 1.165) is 16.4 Å². The van der Waals surface area contributed by atoms with Crippen LogP contribution in [0.3, 0.4) is 0 Å². The SMILES string of the molecule is N#C[C@H](CC(N)=O)NC(=O)[C@@H]1CCCN1S(=O)(=O)c1ccc(-c2ccc(C(F)(F)F)cc2)cc1. The van der Waals surface area contributed by atoms with Crippen LogP contribution < -0.4 is 11.1 Å². The van der Waals surface area contributed by atoms with Crippen LogP contribution in [0.15, 0.2) is 53.4 Å². The number of nitriles is 1. The molecule has 0 saturated carbocycles. The largest absolute Gasteiger partial charge is 0.416 e. The number of alkyl halides is 3. The fourth-order valence-corrected chi connectivity index (χ4v) is 5.35. The number of carbonyl (C=O) groups is 2. The number of benzene rings is 2. The topological polar surface area (TPSA) is 133 Å². The molecule has 0 spiro atoms. The summed E-state index contributed by atoms with van der Waals surface area (Å²) in [7, 11) is -4.07. The maximum absolute atomic E-state index is 13.2. The van der Waals surface area contributed by atoms with E-state index in [4.69, 9.17) is 11.0 Å². The monoisotopic (exact) mass is 494 g/mol. The van der Waals surface area contributed by atoms with Crippen molar-refractivity contribution in [2.45, 2.75) is 42.4 Å². The Balaban J connectivity index is 1.78. The van der Waals surface area contributed by atoms with Gasteiger partial charge in [0.05, 0.1) is 22.9 Å². The Morgan fingerprint density at radius 1 is 1.12 bits per heavy atom. The van der Waals surface area contributed by atoms with Gasteiger partial charge < -0.3 is 11.1 Å². The Labute approximate surface area is 194 Å². The third kappa shape index (κ3) is 5.55. The fraction of sp³-hybridized carbons (Fsp3) is 0.318. The molecule has 3 rings (SSSR count). The first-order chi connectivity index (χ1) is 15.9. The lowest BCUT2D eigenvalue weighted by Crippen LogP contribution is -2.49. The number of rotatable bonds is 7. The normalized spacial score (nSPS) is 17.6. The van der Waals surface area contributed by atoms with Crippen molar-refractivity contribution in [1.82, 2.24) is 9.62 Å². The third-order valence-electron chi connectivity index (χ3n) is 5.39. The Bertz CT molecular complexity index is 1210. The van der Waals surface area contributed by atoms with Gasteiger partial charge in [-0.15, -0.1) is 0 Å². The van der Waals surface area contributed by atoms with Crippen LogP contribution in [0.25, 0.3) is 11.1 Å². The average Bonchev–Trinajstić information content (AvgIpc) is 3.29. The number of primary amides is 1. The first kappa shape index (κ1) is 25.2. The van der Waals surface area contributed by atoms with Crippen molar-refractivity contribution >= 4 is 21.8 Å². The molecule has 0 unspecified atom stereocenters. The predicted molar refractivity (Wildman–Crippen MR) is 115 cm³/mol. The minimum Gasteiger partial charge on any atom is -0.370 e. The van der Waals surface area contributed by atoms with Crippen molar-refractivity contribution < 1.29 is 31.2 Å². The lowest BCUT2D eigenvalue weighted by Gasteiger charge is -2.24. The zero-order chi connectivity index (χ0) is 25.1. The molecule has 0 aromatic heterocycles. The van der Waals surface area contributed by atoms with E-state index in [1.54, 1.807) is 6.07 Å². The summed E-state index contributed by atoms with van der Waals surface area (Å²) in [5.41, 5.74) is 5.26. The number of carbonyl (C=O) groups excluding carboxylic acids is 2. The smallest absolute Gasteiger partial charge is 0.370 e. The highest BCUT2D eigenvalue weighted by molar-refractivity contribution is 7.89. The minimum absolute atomic E-state index is 0.0863. The van der Waals surface area contributed by atoms with Crippen molar-refractivity contribution in [2.24, 2.45) is 5.73 Å². The number of amides is 2. The third-order valence-corrected chi connectivity index (χ3v) is 7.31. The number of nitrogens with two attached hydrogens (primary N) is 1. The second kappa shape index (κ2) is 9.82. The molecule has 3 N–H and O–H groups in total. The molecule has 34 heavy (non-hydrogen) atoms. The van der Waals surface area contributed by atoms with Gasteiger partial charge in [-0.25, -0.2) is 8.42 Å². The lowest BCUT2D eigenvalue weighted by molar-refractivity contribution is -0.137. The number of sulfonamides is 1. The van der Waals surface area contributed by atoms with E-state index in [-0.39, 0.29) is 17.9 Å². The molecule has 1 fully saturated rings. The van der Waals surface area contributed by atoms with Gasteiger partial charge >= 0.3 is 6.18 Å². The second-order valence-corrected chi connectivity index (χ2v) is 9.62. The minimum atomic E-state index is -4.46. The summed E-state index contributed by atoms with van der Waals surface area (Å²) < 4.78 is 65.6. The molecule has 1 aliphatic rings. The Kier molecular flexibility index (Phi) is 7.28. The van der Waals surface area contributed by atoms with Crippen molar-refractivity contribution in [1.29, 1.82) is 5.26 Å². The maximum atomic E-state index is 13.2. The number of halogens is 3. The highest BCUT2D eigenvalue weighted by Crippen LogP contribution is 2.32. The Morgan fingerprint density at radius 2 is 1.68 bits per heavy atom. The van der Waals surface area contributed by atoms with Crippen LogP contribution in [0.4, 0.5) is 13.2 Å². The van der Waals surface area contributed by atoms with Crippen molar-refractivity contribution in [2.75, 3.05) is 6.54 Å². The molecule has 1 saturated heterocycles. The molecular weight excluding hydrogens is 473 g/mol. The van der Waals surface area contributed by atoms with Crippen LogP contribution in [-0.4, -0.2) is 43.2 Å². The summed E-state index contributed by atoms with van der Waals surface area (Å²) in [5, 5.41) is 11.4. The van der Waals surface area contributed by atoms with Crippen LogP contribution in [-0.2, 0) is 25.8 Å². The molecule has 2 amide bonds. The average molecular weight is 494 g/mol. The van der Waals surface area contributed by atoms with E-state index in [2.05, 4.69) is 5.32 Å². The zero-order valence-corrected chi connectivity index (χ0v) is 18.6. The van der Waals surface area contributed by atoms with E-state index in [1.165, 1.54) is 36.4 Å². The summed E-state index contributed by atoms with van der Waals surface area (Å²) in [6.07, 6.45) is -4.19. The maximum Gasteiger partial charge on any atom is 0.416 e. The van der Waals surface area contributed by atoms with E-state index >= 15 is 0 Å². The zero-order valence-electron chi connectivity index (χ0n) is 17.7. The van der Waals surface area contributed by atoms with E-state index < -0.39 is 52.1 Å². The van der Waals surface area contributed by atoms with Gasteiger partial charge in [-0.1, -0.05) is 24.3 Å². The van der Waals surface area contributed by atoms with Gasteiger partial charge in [0.1, 0.15) is 12.1 Å². The summed E-state index contributed by atoms with van der Waals surface area (Å²) in [6, 6.07) is 9.59. The van der Waals surface area contributed by atoms with Crippen molar-refractivity contribution in [3.8, 4) is 17.2 Å².